The van der Waals surface area contributed by atoms with Crippen molar-refractivity contribution in [2.75, 3.05) is 20.8 Å². The molecule has 7 heteroatoms. The van der Waals surface area contributed by atoms with Crippen LogP contribution in [0.25, 0.3) is 10.8 Å². The van der Waals surface area contributed by atoms with Gasteiger partial charge in [0.1, 0.15) is 11.5 Å². The van der Waals surface area contributed by atoms with Gasteiger partial charge in [0, 0.05) is 11.1 Å². The molecule has 0 radical (unpaired) electrons. The average Bonchev–Trinajstić information content (AvgIpc) is 2.77. The molecule has 2 N–H and O–H groups in total. The Kier molecular flexibility index (Phi) is 6.42. The first-order valence-corrected chi connectivity index (χ1v) is 8.92. The number of methoxy groups -OCH3 is 2. The van der Waals surface area contributed by atoms with E-state index in [1.807, 2.05) is 36.4 Å². The number of amides is 2. The molecule has 29 heavy (non-hydrogen) atoms. The zero-order chi connectivity index (χ0) is 20.6. The summed E-state index contributed by atoms with van der Waals surface area (Å²) < 4.78 is 10.4. The van der Waals surface area contributed by atoms with Crippen LogP contribution < -0.4 is 20.2 Å². The van der Waals surface area contributed by atoms with Gasteiger partial charge in [0.05, 0.1) is 27.0 Å². The van der Waals surface area contributed by atoms with Crippen LogP contribution in [-0.4, -0.2) is 38.8 Å². The second-order valence-corrected chi connectivity index (χ2v) is 6.11. The molecule has 0 fully saturated rings. The lowest BCUT2D eigenvalue weighted by atomic mass is 10.0. The van der Waals surface area contributed by atoms with E-state index in [9.17, 15) is 9.59 Å². The molecule has 0 bridgehead atoms. The van der Waals surface area contributed by atoms with Gasteiger partial charge in [-0.2, -0.15) is 5.10 Å². The zero-order valence-corrected chi connectivity index (χ0v) is 16.1. The van der Waals surface area contributed by atoms with Crippen LogP contribution in [0.4, 0.5) is 0 Å². The Hall–Kier alpha value is -3.87. The van der Waals surface area contributed by atoms with Gasteiger partial charge in [0.2, 0.25) is 0 Å². The summed E-state index contributed by atoms with van der Waals surface area (Å²) in [5.74, 6) is 0.459. The van der Waals surface area contributed by atoms with Crippen LogP contribution in [0.2, 0.25) is 0 Å². The minimum atomic E-state index is -0.448. The Morgan fingerprint density at radius 1 is 1.00 bits per heavy atom. The Bertz CT molecular complexity index is 1060. The average molecular weight is 391 g/mol. The van der Waals surface area contributed by atoms with Gasteiger partial charge in [-0.15, -0.1) is 0 Å². The number of nitrogens with one attached hydrogen (secondary N) is 2. The monoisotopic (exact) mass is 391 g/mol. The fourth-order valence-corrected chi connectivity index (χ4v) is 2.83. The summed E-state index contributed by atoms with van der Waals surface area (Å²) in [7, 11) is 3.10. The first-order chi connectivity index (χ1) is 14.1. The summed E-state index contributed by atoms with van der Waals surface area (Å²) in [5, 5.41) is 8.31. The number of ether oxygens (including phenoxy) is 2. The van der Waals surface area contributed by atoms with Gasteiger partial charge in [0.15, 0.2) is 0 Å². The molecule has 3 rings (SSSR count). The van der Waals surface area contributed by atoms with E-state index < -0.39 is 5.91 Å². The molecule has 148 valence electrons. The number of nitrogens with zero attached hydrogens (tertiary/aromatic N) is 1. The van der Waals surface area contributed by atoms with E-state index in [0.29, 0.717) is 22.6 Å². The topological polar surface area (TPSA) is 89.0 Å². The summed E-state index contributed by atoms with van der Waals surface area (Å²) in [6.45, 7) is -0.200. The molecule has 3 aromatic rings. The van der Waals surface area contributed by atoms with Crippen molar-refractivity contribution in [1.82, 2.24) is 10.7 Å². The van der Waals surface area contributed by atoms with Gasteiger partial charge >= 0.3 is 0 Å². The van der Waals surface area contributed by atoms with Crippen LogP contribution in [0.15, 0.2) is 65.8 Å². The maximum absolute atomic E-state index is 12.5. The fourth-order valence-electron chi connectivity index (χ4n) is 2.83. The number of fused-ring (bicyclic) bond motifs is 1. The molecule has 0 aliphatic heterocycles. The van der Waals surface area contributed by atoms with Gasteiger partial charge in [-0.3, -0.25) is 9.59 Å². The van der Waals surface area contributed by atoms with Gasteiger partial charge in [-0.05, 0) is 35.0 Å². The van der Waals surface area contributed by atoms with Crippen LogP contribution in [0.3, 0.4) is 0 Å². The number of benzene rings is 3. The van der Waals surface area contributed by atoms with Crippen molar-refractivity contribution in [3.05, 3.63) is 71.8 Å². The molecule has 0 aromatic heterocycles. The standard InChI is InChI=1S/C22H21N3O4/c1-28-17-10-11-20(29-2)16(12-17)13-24-25-21(26)14-23-22(27)19-9-5-7-15-6-3-4-8-18(15)19/h3-13H,14H2,1-2H3,(H,23,27)(H,25,26)/b24-13-. The maximum atomic E-state index is 12.5. The van der Waals surface area contributed by atoms with Crippen molar-refractivity contribution in [3.63, 3.8) is 0 Å². The summed E-state index contributed by atoms with van der Waals surface area (Å²) in [6, 6.07) is 18.3. The van der Waals surface area contributed by atoms with Crippen LogP contribution in [-0.2, 0) is 4.79 Å². The minimum Gasteiger partial charge on any atom is -0.497 e. The lowest BCUT2D eigenvalue weighted by molar-refractivity contribution is -0.120. The van der Waals surface area contributed by atoms with Crippen molar-refractivity contribution < 1.29 is 19.1 Å². The first-order valence-electron chi connectivity index (χ1n) is 8.92. The Morgan fingerprint density at radius 2 is 1.79 bits per heavy atom. The Labute approximate surface area is 168 Å². The Morgan fingerprint density at radius 3 is 2.59 bits per heavy atom. The zero-order valence-electron chi connectivity index (χ0n) is 16.1. The third kappa shape index (κ3) is 4.90. The molecule has 0 aliphatic rings. The molecule has 0 heterocycles. The maximum Gasteiger partial charge on any atom is 0.259 e. The number of carbonyl (C=O) groups is 2. The molecule has 0 atom stereocenters. The van der Waals surface area contributed by atoms with E-state index in [2.05, 4.69) is 15.8 Å². The molecular formula is C22H21N3O4. The highest BCUT2D eigenvalue weighted by Gasteiger charge is 2.11. The summed E-state index contributed by atoms with van der Waals surface area (Å²) in [6.07, 6.45) is 1.45. The van der Waals surface area contributed by atoms with Crippen LogP contribution >= 0.6 is 0 Å². The normalized spacial score (nSPS) is 10.7. The lowest BCUT2D eigenvalue weighted by Crippen LogP contribution is -2.35. The largest absolute Gasteiger partial charge is 0.497 e. The molecular weight excluding hydrogens is 370 g/mol. The van der Waals surface area contributed by atoms with E-state index in [1.165, 1.54) is 6.21 Å². The second kappa shape index (κ2) is 9.36. The van der Waals surface area contributed by atoms with E-state index in [0.717, 1.165) is 10.8 Å². The molecule has 0 saturated carbocycles. The molecule has 0 saturated heterocycles. The lowest BCUT2D eigenvalue weighted by Gasteiger charge is -2.08. The Balaban J connectivity index is 1.59. The van der Waals surface area contributed by atoms with Crippen molar-refractivity contribution in [3.8, 4) is 11.5 Å². The van der Waals surface area contributed by atoms with Gasteiger partial charge < -0.3 is 14.8 Å². The minimum absolute atomic E-state index is 0.200. The first kappa shape index (κ1) is 19.9. The molecule has 0 unspecified atom stereocenters. The highest BCUT2D eigenvalue weighted by Crippen LogP contribution is 2.22. The highest BCUT2D eigenvalue weighted by molar-refractivity contribution is 6.07. The predicted octanol–water partition coefficient (Wildman–Crippen LogP) is 2.74. The predicted molar refractivity (Wildman–Crippen MR) is 112 cm³/mol. The molecule has 0 spiro atoms. The van der Waals surface area contributed by atoms with E-state index >= 15 is 0 Å². The van der Waals surface area contributed by atoms with E-state index in [4.69, 9.17) is 9.47 Å². The summed E-state index contributed by atoms with van der Waals surface area (Å²) in [5.41, 5.74) is 3.54. The number of rotatable bonds is 7. The van der Waals surface area contributed by atoms with Crippen molar-refractivity contribution in [1.29, 1.82) is 0 Å². The van der Waals surface area contributed by atoms with Crippen LogP contribution in [0.1, 0.15) is 15.9 Å². The fraction of sp³-hybridized carbons (Fsp3) is 0.136. The number of hydrazone groups is 1. The van der Waals surface area contributed by atoms with Crippen molar-refractivity contribution >= 4 is 28.8 Å². The third-order valence-electron chi connectivity index (χ3n) is 4.27. The number of carbonyl (C=O) groups excluding carboxylic acids is 2. The highest BCUT2D eigenvalue weighted by atomic mass is 16.5. The van der Waals surface area contributed by atoms with Gasteiger partial charge in [-0.25, -0.2) is 5.43 Å². The molecule has 2 amide bonds. The smallest absolute Gasteiger partial charge is 0.259 e. The number of hydrogen-bond donors (Lipinski definition) is 2. The van der Waals surface area contributed by atoms with Gasteiger partial charge in [-0.1, -0.05) is 36.4 Å². The third-order valence-corrected chi connectivity index (χ3v) is 4.27. The van der Waals surface area contributed by atoms with Gasteiger partial charge in [0.25, 0.3) is 11.8 Å². The van der Waals surface area contributed by atoms with Crippen LogP contribution in [0, 0.1) is 0 Å². The molecule has 0 aliphatic carbocycles. The van der Waals surface area contributed by atoms with E-state index in [1.54, 1.807) is 38.5 Å². The van der Waals surface area contributed by atoms with E-state index in [-0.39, 0.29) is 12.5 Å². The summed E-state index contributed by atoms with van der Waals surface area (Å²) >= 11 is 0. The van der Waals surface area contributed by atoms with Crippen LogP contribution in [0.5, 0.6) is 11.5 Å². The SMILES string of the molecule is COc1ccc(OC)c(/C=N\NC(=O)CNC(=O)c2cccc3ccccc23)c1. The van der Waals surface area contributed by atoms with Crippen molar-refractivity contribution in [2.45, 2.75) is 0 Å². The quantitative estimate of drug-likeness (QED) is 0.479. The summed E-state index contributed by atoms with van der Waals surface area (Å²) in [4.78, 5) is 24.5. The second-order valence-electron chi connectivity index (χ2n) is 6.11. The molecule has 7 nitrogen and oxygen atoms in total. The number of hydrogen-bond acceptors (Lipinski definition) is 5. The molecule has 3 aromatic carbocycles. The van der Waals surface area contributed by atoms with Crippen molar-refractivity contribution in [2.24, 2.45) is 5.10 Å².